The van der Waals surface area contributed by atoms with Gasteiger partial charge in [0.25, 0.3) is 0 Å². The highest BCUT2D eigenvalue weighted by molar-refractivity contribution is 5.34. The zero-order chi connectivity index (χ0) is 14.5. The van der Waals surface area contributed by atoms with Gasteiger partial charge in [-0.15, -0.1) is 0 Å². The molecule has 0 unspecified atom stereocenters. The van der Waals surface area contributed by atoms with Gasteiger partial charge in [-0.25, -0.2) is 4.98 Å². The summed E-state index contributed by atoms with van der Waals surface area (Å²) in [6.45, 7) is 1.96. The van der Waals surface area contributed by atoms with Gasteiger partial charge >= 0.3 is 0 Å². The Balaban J connectivity index is 1.45. The first-order chi connectivity index (χ1) is 10.3. The van der Waals surface area contributed by atoms with Crippen molar-refractivity contribution >= 4 is 0 Å². The molecule has 1 saturated carbocycles. The average molecular weight is 285 g/mol. The summed E-state index contributed by atoms with van der Waals surface area (Å²) in [5, 5.41) is 13.0. The Hall–Kier alpha value is -1.65. The highest BCUT2D eigenvalue weighted by atomic mass is 16.3. The number of nitrogens with zero attached hydrogens (tertiary/aromatic N) is 2. The molecular formula is C17H23N3O. The molecule has 0 atom stereocenters. The molecule has 0 spiro atoms. The van der Waals surface area contributed by atoms with Gasteiger partial charge in [-0.1, -0.05) is 12.1 Å². The molecule has 2 aromatic rings. The van der Waals surface area contributed by atoms with Gasteiger partial charge in [0.2, 0.25) is 0 Å². The normalized spacial score (nSPS) is 22.3. The molecule has 4 nitrogen and oxygen atoms in total. The lowest BCUT2D eigenvalue weighted by Gasteiger charge is -2.25. The lowest BCUT2D eigenvalue weighted by molar-refractivity contribution is 0.108. The van der Waals surface area contributed by atoms with Crippen LogP contribution in [0.5, 0.6) is 0 Å². The van der Waals surface area contributed by atoms with Gasteiger partial charge in [-0.2, -0.15) is 0 Å². The van der Waals surface area contributed by atoms with Crippen LogP contribution in [0.4, 0.5) is 0 Å². The first-order valence-electron chi connectivity index (χ1n) is 7.77. The van der Waals surface area contributed by atoms with E-state index < -0.39 is 0 Å². The number of hydrogen-bond acceptors (Lipinski definition) is 3. The van der Waals surface area contributed by atoms with Crippen molar-refractivity contribution in [2.24, 2.45) is 5.92 Å². The second-order valence-corrected chi connectivity index (χ2v) is 5.94. The van der Waals surface area contributed by atoms with E-state index in [1.807, 2.05) is 17.1 Å². The predicted molar refractivity (Wildman–Crippen MR) is 83.2 cm³/mol. The molecule has 112 valence electrons. The van der Waals surface area contributed by atoms with Crippen molar-refractivity contribution in [3.05, 3.63) is 48.5 Å². The zero-order valence-corrected chi connectivity index (χ0v) is 12.3. The van der Waals surface area contributed by atoms with Gasteiger partial charge in [0, 0.05) is 24.6 Å². The van der Waals surface area contributed by atoms with Crippen LogP contribution in [0.2, 0.25) is 0 Å². The Morgan fingerprint density at radius 1 is 1.14 bits per heavy atom. The maximum absolute atomic E-state index is 9.51. The molecule has 1 aromatic carbocycles. The number of aromatic nitrogens is 2. The van der Waals surface area contributed by atoms with Crippen LogP contribution in [0.15, 0.2) is 43.0 Å². The fourth-order valence-electron chi connectivity index (χ4n) is 2.97. The molecule has 0 aliphatic heterocycles. The van der Waals surface area contributed by atoms with Crippen LogP contribution >= 0.6 is 0 Å². The lowest BCUT2D eigenvalue weighted by Crippen LogP contribution is -2.27. The average Bonchev–Trinajstić information content (AvgIpc) is 3.04. The minimum Gasteiger partial charge on any atom is -0.393 e. The summed E-state index contributed by atoms with van der Waals surface area (Å²) >= 11 is 0. The molecule has 21 heavy (non-hydrogen) atoms. The highest BCUT2D eigenvalue weighted by Gasteiger charge is 2.18. The third kappa shape index (κ3) is 3.93. The van der Waals surface area contributed by atoms with Crippen LogP contribution in [0.1, 0.15) is 31.2 Å². The molecule has 1 aliphatic rings. The highest BCUT2D eigenvalue weighted by Crippen LogP contribution is 2.23. The van der Waals surface area contributed by atoms with Gasteiger partial charge in [-0.05, 0) is 55.8 Å². The molecule has 3 rings (SSSR count). The van der Waals surface area contributed by atoms with Crippen molar-refractivity contribution in [2.75, 3.05) is 6.54 Å². The Labute approximate surface area is 125 Å². The number of benzene rings is 1. The standard InChI is InChI=1S/C17H23N3O/c21-17-7-3-15(4-8-17)12-19-11-14-1-5-16(6-2-14)20-10-9-18-13-20/h1-2,5-6,9-10,13,15,17,19,21H,3-4,7-8,11-12H2. The van der Waals surface area contributed by atoms with E-state index in [2.05, 4.69) is 34.6 Å². The summed E-state index contributed by atoms with van der Waals surface area (Å²) < 4.78 is 2.00. The smallest absolute Gasteiger partial charge is 0.0991 e. The molecule has 4 heteroatoms. The van der Waals surface area contributed by atoms with Crippen molar-refractivity contribution in [3.63, 3.8) is 0 Å². The third-order valence-corrected chi connectivity index (χ3v) is 4.32. The van der Waals surface area contributed by atoms with Crippen LogP contribution in [0.3, 0.4) is 0 Å². The van der Waals surface area contributed by atoms with Gasteiger partial charge in [-0.3, -0.25) is 0 Å². The molecular weight excluding hydrogens is 262 g/mol. The molecule has 1 aliphatic carbocycles. The minimum absolute atomic E-state index is 0.0584. The maximum atomic E-state index is 9.51. The molecule has 0 amide bonds. The van der Waals surface area contributed by atoms with E-state index in [-0.39, 0.29) is 6.10 Å². The molecule has 1 aromatic heterocycles. The first kappa shape index (κ1) is 14.3. The Kier molecular flexibility index (Phi) is 4.68. The fourth-order valence-corrected chi connectivity index (χ4v) is 2.97. The summed E-state index contributed by atoms with van der Waals surface area (Å²) in [5.74, 6) is 0.721. The van der Waals surface area contributed by atoms with E-state index in [9.17, 15) is 5.11 Å². The van der Waals surface area contributed by atoms with Crippen LogP contribution in [0.25, 0.3) is 5.69 Å². The first-order valence-corrected chi connectivity index (χ1v) is 7.77. The predicted octanol–water partition coefficient (Wildman–Crippen LogP) is 2.51. The zero-order valence-electron chi connectivity index (χ0n) is 12.3. The van der Waals surface area contributed by atoms with Crippen LogP contribution < -0.4 is 5.32 Å². The molecule has 0 saturated heterocycles. The quantitative estimate of drug-likeness (QED) is 0.887. The monoisotopic (exact) mass is 285 g/mol. The van der Waals surface area contributed by atoms with E-state index >= 15 is 0 Å². The van der Waals surface area contributed by atoms with E-state index in [4.69, 9.17) is 0 Å². The van der Waals surface area contributed by atoms with E-state index in [0.29, 0.717) is 0 Å². The van der Waals surface area contributed by atoms with Gasteiger partial charge < -0.3 is 15.0 Å². The summed E-state index contributed by atoms with van der Waals surface area (Å²) in [6, 6.07) is 8.56. The van der Waals surface area contributed by atoms with Crippen LogP contribution in [-0.2, 0) is 6.54 Å². The second-order valence-electron chi connectivity index (χ2n) is 5.94. The molecule has 0 bridgehead atoms. The Bertz CT molecular complexity index is 528. The number of nitrogens with one attached hydrogen (secondary N) is 1. The fraction of sp³-hybridized carbons (Fsp3) is 0.471. The minimum atomic E-state index is -0.0584. The van der Waals surface area contributed by atoms with Gasteiger partial charge in [0.1, 0.15) is 0 Å². The van der Waals surface area contributed by atoms with Crippen molar-refractivity contribution in [1.29, 1.82) is 0 Å². The Morgan fingerprint density at radius 2 is 1.90 bits per heavy atom. The van der Waals surface area contributed by atoms with Crippen LogP contribution in [-0.4, -0.2) is 27.3 Å². The topological polar surface area (TPSA) is 50.1 Å². The van der Waals surface area contributed by atoms with E-state index in [0.717, 1.165) is 50.4 Å². The number of hydrogen-bond donors (Lipinski definition) is 2. The van der Waals surface area contributed by atoms with Gasteiger partial charge in [0.15, 0.2) is 0 Å². The number of aliphatic hydroxyl groups is 1. The maximum Gasteiger partial charge on any atom is 0.0991 e. The number of imidazole rings is 1. The van der Waals surface area contributed by atoms with Gasteiger partial charge in [0.05, 0.1) is 12.4 Å². The van der Waals surface area contributed by atoms with Crippen LogP contribution in [0, 0.1) is 5.92 Å². The largest absolute Gasteiger partial charge is 0.393 e. The van der Waals surface area contributed by atoms with E-state index in [1.54, 1.807) is 6.20 Å². The van der Waals surface area contributed by atoms with Crippen molar-refractivity contribution in [1.82, 2.24) is 14.9 Å². The van der Waals surface area contributed by atoms with Crippen molar-refractivity contribution < 1.29 is 5.11 Å². The number of rotatable bonds is 5. The van der Waals surface area contributed by atoms with Crippen molar-refractivity contribution in [2.45, 2.75) is 38.3 Å². The summed E-state index contributed by atoms with van der Waals surface area (Å²) in [5.41, 5.74) is 2.44. The lowest BCUT2D eigenvalue weighted by atomic mass is 9.87. The van der Waals surface area contributed by atoms with Crippen molar-refractivity contribution in [3.8, 4) is 5.69 Å². The second kappa shape index (κ2) is 6.87. The number of aliphatic hydroxyl groups excluding tert-OH is 1. The summed E-state index contributed by atoms with van der Waals surface area (Å²) in [7, 11) is 0. The third-order valence-electron chi connectivity index (χ3n) is 4.32. The summed E-state index contributed by atoms with van der Waals surface area (Å²) in [6.07, 6.45) is 9.71. The SMILES string of the molecule is OC1CCC(CNCc2ccc(-n3ccnc3)cc2)CC1. The molecule has 0 radical (unpaired) electrons. The molecule has 1 heterocycles. The summed E-state index contributed by atoms with van der Waals surface area (Å²) in [4.78, 5) is 4.06. The Morgan fingerprint density at radius 3 is 2.57 bits per heavy atom. The molecule has 2 N–H and O–H groups in total. The van der Waals surface area contributed by atoms with E-state index in [1.165, 1.54) is 5.56 Å². The molecule has 1 fully saturated rings.